The van der Waals surface area contributed by atoms with Crippen molar-refractivity contribution in [2.75, 3.05) is 7.11 Å². The zero-order valence-corrected chi connectivity index (χ0v) is 12.5. The minimum atomic E-state index is 0.899. The van der Waals surface area contributed by atoms with Crippen LogP contribution in [0.3, 0.4) is 0 Å². The second-order valence-corrected chi connectivity index (χ2v) is 5.05. The van der Waals surface area contributed by atoms with Crippen molar-refractivity contribution < 1.29 is 4.74 Å². The molecule has 1 aromatic carbocycles. The van der Waals surface area contributed by atoms with Gasteiger partial charge in [0.15, 0.2) is 0 Å². The Kier molecular flexibility index (Phi) is 4.07. The third-order valence-electron chi connectivity index (χ3n) is 3.20. The molecule has 0 spiro atoms. The van der Waals surface area contributed by atoms with Gasteiger partial charge in [-0.3, -0.25) is 0 Å². The van der Waals surface area contributed by atoms with Gasteiger partial charge in [-0.2, -0.15) is 0 Å². The molecule has 0 aliphatic heterocycles. The molecule has 0 N–H and O–H groups in total. The van der Waals surface area contributed by atoms with Crippen molar-refractivity contribution >= 4 is 15.9 Å². The van der Waals surface area contributed by atoms with Crippen LogP contribution in [-0.2, 0) is 19.9 Å². The van der Waals surface area contributed by atoms with E-state index in [1.165, 1.54) is 11.3 Å². The van der Waals surface area contributed by atoms with Gasteiger partial charge < -0.3 is 9.30 Å². The summed E-state index contributed by atoms with van der Waals surface area (Å²) in [6, 6.07) is 8.21. The molecule has 1 aromatic heterocycles. The largest absolute Gasteiger partial charge is 0.497 e. The number of aryl methyl sites for hydroxylation is 2. The lowest BCUT2D eigenvalue weighted by molar-refractivity contribution is 0.414. The first-order valence-corrected chi connectivity index (χ1v) is 6.71. The van der Waals surface area contributed by atoms with Gasteiger partial charge in [0.05, 0.1) is 12.8 Å². The molecular formula is C14H17BrN2O. The summed E-state index contributed by atoms with van der Waals surface area (Å²) in [6.07, 6.45) is 1.98. The van der Waals surface area contributed by atoms with Gasteiger partial charge in [0.25, 0.3) is 0 Å². The number of halogens is 1. The molecule has 3 nitrogen and oxygen atoms in total. The molecule has 4 heteroatoms. The average Bonchev–Trinajstić information content (AvgIpc) is 2.62. The van der Waals surface area contributed by atoms with Crippen molar-refractivity contribution in [1.82, 2.24) is 9.55 Å². The van der Waals surface area contributed by atoms with Crippen LogP contribution in [0.1, 0.15) is 17.1 Å². The Morgan fingerprint density at radius 1 is 1.22 bits per heavy atom. The first-order chi connectivity index (χ1) is 8.61. The molecule has 0 radical (unpaired) electrons. The molecule has 0 atom stereocenters. The summed E-state index contributed by atoms with van der Waals surface area (Å²) in [6.45, 7) is 2.02. The summed E-state index contributed by atoms with van der Waals surface area (Å²) < 4.78 is 8.24. The number of hydrogen-bond acceptors (Lipinski definition) is 2. The van der Waals surface area contributed by atoms with E-state index >= 15 is 0 Å². The van der Waals surface area contributed by atoms with E-state index in [9.17, 15) is 0 Å². The van der Waals surface area contributed by atoms with E-state index in [4.69, 9.17) is 4.74 Å². The number of methoxy groups -OCH3 is 1. The molecule has 0 saturated carbocycles. The summed E-state index contributed by atoms with van der Waals surface area (Å²) in [4.78, 5) is 4.41. The zero-order chi connectivity index (χ0) is 13.1. The minimum Gasteiger partial charge on any atom is -0.497 e. The van der Waals surface area contributed by atoms with Crippen molar-refractivity contribution in [1.29, 1.82) is 0 Å². The van der Waals surface area contributed by atoms with Gasteiger partial charge in [0.1, 0.15) is 16.2 Å². The van der Waals surface area contributed by atoms with E-state index in [0.29, 0.717) is 0 Å². The quantitative estimate of drug-likeness (QED) is 0.866. The van der Waals surface area contributed by atoms with Crippen molar-refractivity contribution in [2.24, 2.45) is 7.05 Å². The fraction of sp³-hybridized carbons (Fsp3) is 0.357. The van der Waals surface area contributed by atoms with Crippen molar-refractivity contribution in [3.05, 3.63) is 46.0 Å². The van der Waals surface area contributed by atoms with Gasteiger partial charge in [-0.05, 0) is 53.4 Å². The van der Waals surface area contributed by atoms with Crippen molar-refractivity contribution in [3.8, 4) is 5.75 Å². The Morgan fingerprint density at radius 2 is 1.89 bits per heavy atom. The van der Waals surface area contributed by atoms with Crippen molar-refractivity contribution in [3.63, 3.8) is 0 Å². The lowest BCUT2D eigenvalue weighted by Crippen LogP contribution is -2.01. The molecule has 0 saturated heterocycles. The van der Waals surface area contributed by atoms with Crippen LogP contribution in [0.25, 0.3) is 0 Å². The third kappa shape index (κ3) is 2.75. The highest BCUT2D eigenvalue weighted by Gasteiger charge is 2.09. The number of ether oxygens (including phenoxy) is 1. The van der Waals surface area contributed by atoms with Gasteiger partial charge in [0, 0.05) is 7.05 Å². The Balaban J connectivity index is 2.06. The molecular weight excluding hydrogens is 292 g/mol. The van der Waals surface area contributed by atoms with Gasteiger partial charge >= 0.3 is 0 Å². The summed E-state index contributed by atoms with van der Waals surface area (Å²) >= 11 is 3.51. The van der Waals surface area contributed by atoms with Gasteiger partial charge in [-0.25, -0.2) is 4.98 Å². The molecule has 1 heterocycles. The van der Waals surface area contributed by atoms with E-state index in [0.717, 1.165) is 29.0 Å². The molecule has 0 aliphatic carbocycles. The molecule has 0 fully saturated rings. The molecule has 0 amide bonds. The minimum absolute atomic E-state index is 0.899. The summed E-state index contributed by atoms with van der Waals surface area (Å²) in [5.41, 5.74) is 2.55. The lowest BCUT2D eigenvalue weighted by Gasteiger charge is -2.06. The first-order valence-electron chi connectivity index (χ1n) is 5.92. The highest BCUT2D eigenvalue weighted by Crippen LogP contribution is 2.19. The number of aromatic nitrogens is 2. The maximum atomic E-state index is 5.15. The first kappa shape index (κ1) is 13.1. The maximum Gasteiger partial charge on any atom is 0.127 e. The Bertz CT molecular complexity index is 531. The molecule has 18 heavy (non-hydrogen) atoms. The van der Waals surface area contributed by atoms with Crippen LogP contribution in [0, 0.1) is 6.92 Å². The number of hydrogen-bond donors (Lipinski definition) is 0. The zero-order valence-electron chi connectivity index (χ0n) is 10.9. The van der Waals surface area contributed by atoms with E-state index in [1.54, 1.807) is 7.11 Å². The topological polar surface area (TPSA) is 27.1 Å². The van der Waals surface area contributed by atoms with Gasteiger partial charge in [-0.15, -0.1) is 0 Å². The van der Waals surface area contributed by atoms with Crippen LogP contribution in [0.2, 0.25) is 0 Å². The van der Waals surface area contributed by atoms with Gasteiger partial charge in [-0.1, -0.05) is 12.1 Å². The Labute approximate surface area is 116 Å². The second kappa shape index (κ2) is 5.57. The van der Waals surface area contributed by atoms with Crippen molar-refractivity contribution in [2.45, 2.75) is 19.8 Å². The average molecular weight is 309 g/mol. The van der Waals surface area contributed by atoms with Crippen LogP contribution >= 0.6 is 15.9 Å². The van der Waals surface area contributed by atoms with E-state index in [-0.39, 0.29) is 0 Å². The predicted octanol–water partition coefficient (Wildman–Crippen LogP) is 3.28. The number of benzene rings is 1. The third-order valence-corrected chi connectivity index (χ3v) is 3.83. The summed E-state index contributed by atoms with van der Waals surface area (Å²) in [5.74, 6) is 1.93. The monoisotopic (exact) mass is 308 g/mol. The lowest BCUT2D eigenvalue weighted by atomic mass is 10.1. The number of nitrogens with zero attached hydrogens (tertiary/aromatic N) is 2. The SMILES string of the molecule is COc1ccc(CCc2c(Br)nc(C)n2C)cc1. The number of imidazole rings is 1. The molecule has 0 aliphatic rings. The Morgan fingerprint density at radius 3 is 2.39 bits per heavy atom. The Hall–Kier alpha value is -1.29. The van der Waals surface area contributed by atoms with Crippen LogP contribution < -0.4 is 4.74 Å². The van der Waals surface area contributed by atoms with Crippen LogP contribution in [0.15, 0.2) is 28.9 Å². The summed E-state index contributed by atoms with van der Waals surface area (Å²) in [5, 5.41) is 0. The fourth-order valence-corrected chi connectivity index (χ4v) is 2.66. The molecule has 96 valence electrons. The highest BCUT2D eigenvalue weighted by molar-refractivity contribution is 9.10. The summed E-state index contributed by atoms with van der Waals surface area (Å²) in [7, 11) is 3.74. The van der Waals surface area contributed by atoms with E-state index < -0.39 is 0 Å². The fourth-order valence-electron chi connectivity index (χ4n) is 1.94. The van der Waals surface area contributed by atoms with Crippen LogP contribution in [-0.4, -0.2) is 16.7 Å². The smallest absolute Gasteiger partial charge is 0.127 e. The predicted molar refractivity (Wildman–Crippen MR) is 76.0 cm³/mol. The van der Waals surface area contributed by atoms with Crippen LogP contribution in [0.5, 0.6) is 5.75 Å². The molecule has 0 bridgehead atoms. The molecule has 2 rings (SSSR count). The van der Waals surface area contributed by atoms with Crippen LogP contribution in [0.4, 0.5) is 0 Å². The van der Waals surface area contributed by atoms with Gasteiger partial charge in [0.2, 0.25) is 0 Å². The maximum absolute atomic E-state index is 5.15. The number of rotatable bonds is 4. The van der Waals surface area contributed by atoms with E-state index in [1.807, 2.05) is 19.1 Å². The van der Waals surface area contributed by atoms with E-state index in [2.05, 4.69) is 44.7 Å². The normalized spacial score (nSPS) is 10.7. The molecule has 2 aromatic rings. The second-order valence-electron chi connectivity index (χ2n) is 4.30. The standard InChI is InChI=1S/C14H17BrN2O/c1-10-16-14(15)13(17(10)2)9-6-11-4-7-12(18-3)8-5-11/h4-5,7-8H,6,9H2,1-3H3. The highest BCUT2D eigenvalue weighted by atomic mass is 79.9. The molecule has 0 unspecified atom stereocenters.